The van der Waals surface area contributed by atoms with Crippen LogP contribution in [0.1, 0.15) is 24.0 Å². The molecule has 18 heavy (non-hydrogen) atoms. The molecule has 0 heterocycles. The van der Waals surface area contributed by atoms with Gasteiger partial charge in [-0.3, -0.25) is 0 Å². The lowest BCUT2D eigenvalue weighted by molar-refractivity contribution is 0.108. The maximum Gasteiger partial charge on any atom is 0.122 e. The van der Waals surface area contributed by atoms with E-state index >= 15 is 0 Å². The molecule has 100 valence electrons. The number of benzene rings is 1. The Kier molecular flexibility index (Phi) is 3.93. The summed E-state index contributed by atoms with van der Waals surface area (Å²) in [5, 5.41) is 9.76. The van der Waals surface area contributed by atoms with Gasteiger partial charge in [-0.25, -0.2) is 0 Å². The van der Waals surface area contributed by atoms with Crippen molar-refractivity contribution in [2.75, 3.05) is 20.3 Å². The molecule has 3 heteroatoms. The Bertz CT molecular complexity index is 409. The zero-order valence-electron chi connectivity index (χ0n) is 11.3. The molecule has 1 atom stereocenters. The molecule has 0 amide bonds. The van der Waals surface area contributed by atoms with E-state index in [-0.39, 0.29) is 12.0 Å². The van der Waals surface area contributed by atoms with Crippen LogP contribution in [0.25, 0.3) is 0 Å². The van der Waals surface area contributed by atoms with Crippen LogP contribution in [0.3, 0.4) is 0 Å². The lowest BCUT2D eigenvalue weighted by Crippen LogP contribution is -2.38. The number of aliphatic hydroxyl groups is 1. The molecule has 0 spiro atoms. The van der Waals surface area contributed by atoms with E-state index in [0.29, 0.717) is 12.5 Å². The summed E-state index contributed by atoms with van der Waals surface area (Å²) in [5.74, 6) is 1.46. The van der Waals surface area contributed by atoms with Crippen molar-refractivity contribution < 1.29 is 9.84 Å². The van der Waals surface area contributed by atoms with Crippen LogP contribution in [0.2, 0.25) is 0 Å². The van der Waals surface area contributed by atoms with Gasteiger partial charge in [0.1, 0.15) is 5.75 Å². The van der Waals surface area contributed by atoms with Gasteiger partial charge in [0.15, 0.2) is 0 Å². The van der Waals surface area contributed by atoms with Crippen LogP contribution < -0.4 is 10.5 Å². The van der Waals surface area contributed by atoms with Crippen molar-refractivity contribution >= 4 is 0 Å². The van der Waals surface area contributed by atoms with Crippen LogP contribution >= 0.6 is 0 Å². The molecule has 0 aromatic heterocycles. The van der Waals surface area contributed by atoms with E-state index in [1.165, 1.54) is 18.4 Å². The fourth-order valence-corrected chi connectivity index (χ4v) is 2.75. The van der Waals surface area contributed by atoms with Gasteiger partial charge in [-0.1, -0.05) is 17.7 Å². The monoisotopic (exact) mass is 249 g/mol. The van der Waals surface area contributed by atoms with Gasteiger partial charge in [0.05, 0.1) is 13.7 Å². The average molecular weight is 249 g/mol. The standard InChI is InChI=1S/C15H23NO2/c1-11-3-6-14(18-2)12(7-11)8-15(9-16,10-17)13-4-5-13/h3,6-7,13,17H,4-5,8-10,16H2,1-2H3. The zero-order valence-corrected chi connectivity index (χ0v) is 11.3. The Balaban J connectivity index is 2.28. The van der Waals surface area contributed by atoms with Crippen molar-refractivity contribution in [3.8, 4) is 5.75 Å². The van der Waals surface area contributed by atoms with E-state index in [1.807, 2.05) is 12.1 Å². The molecule has 1 aromatic carbocycles. The second-order valence-electron chi connectivity index (χ2n) is 5.49. The van der Waals surface area contributed by atoms with E-state index in [4.69, 9.17) is 10.5 Å². The SMILES string of the molecule is COc1ccc(C)cc1CC(CN)(CO)C1CC1. The summed E-state index contributed by atoms with van der Waals surface area (Å²) in [5.41, 5.74) is 8.14. The molecule has 0 radical (unpaired) electrons. The number of aliphatic hydroxyl groups excluding tert-OH is 1. The number of nitrogens with two attached hydrogens (primary N) is 1. The highest BCUT2D eigenvalue weighted by Crippen LogP contribution is 2.47. The summed E-state index contributed by atoms with van der Waals surface area (Å²) in [6.07, 6.45) is 3.17. The first-order valence-electron chi connectivity index (χ1n) is 6.59. The van der Waals surface area contributed by atoms with E-state index in [9.17, 15) is 5.11 Å². The van der Waals surface area contributed by atoms with Crippen LogP contribution in [-0.2, 0) is 6.42 Å². The third-order valence-corrected chi connectivity index (χ3v) is 4.14. The van der Waals surface area contributed by atoms with Crippen LogP contribution in [0.5, 0.6) is 5.75 Å². The largest absolute Gasteiger partial charge is 0.496 e. The molecule has 3 N–H and O–H groups in total. The second-order valence-corrected chi connectivity index (χ2v) is 5.49. The van der Waals surface area contributed by atoms with Gasteiger partial charge < -0.3 is 15.6 Å². The van der Waals surface area contributed by atoms with Crippen molar-refractivity contribution in [2.45, 2.75) is 26.2 Å². The molecule has 1 aromatic rings. The van der Waals surface area contributed by atoms with E-state index in [2.05, 4.69) is 13.0 Å². The Labute approximate surface area is 109 Å². The fraction of sp³-hybridized carbons (Fsp3) is 0.600. The van der Waals surface area contributed by atoms with Gasteiger partial charge in [-0.05, 0) is 43.7 Å². The Hall–Kier alpha value is -1.06. The summed E-state index contributed by atoms with van der Waals surface area (Å²) in [4.78, 5) is 0. The highest BCUT2D eigenvalue weighted by molar-refractivity contribution is 5.38. The molecule has 3 nitrogen and oxygen atoms in total. The Morgan fingerprint density at radius 1 is 1.44 bits per heavy atom. The first kappa shape index (κ1) is 13.4. The third kappa shape index (κ3) is 2.52. The fourth-order valence-electron chi connectivity index (χ4n) is 2.75. The third-order valence-electron chi connectivity index (χ3n) is 4.14. The minimum absolute atomic E-state index is 0.158. The van der Waals surface area contributed by atoms with Gasteiger partial charge in [-0.2, -0.15) is 0 Å². The molecule has 0 bridgehead atoms. The predicted octanol–water partition coefficient (Wildman–Crippen LogP) is 1.89. The first-order chi connectivity index (χ1) is 8.65. The summed E-state index contributed by atoms with van der Waals surface area (Å²) >= 11 is 0. The number of hydrogen-bond acceptors (Lipinski definition) is 3. The van der Waals surface area contributed by atoms with Crippen molar-refractivity contribution in [3.05, 3.63) is 29.3 Å². The Morgan fingerprint density at radius 2 is 2.17 bits per heavy atom. The summed E-state index contributed by atoms with van der Waals surface area (Å²) in [6.45, 7) is 2.76. The maximum atomic E-state index is 9.76. The van der Waals surface area contributed by atoms with E-state index < -0.39 is 0 Å². The van der Waals surface area contributed by atoms with Crippen molar-refractivity contribution in [2.24, 2.45) is 17.1 Å². The highest BCUT2D eigenvalue weighted by Gasteiger charge is 2.44. The van der Waals surface area contributed by atoms with Crippen molar-refractivity contribution in [3.63, 3.8) is 0 Å². The number of hydrogen-bond donors (Lipinski definition) is 2. The number of rotatable bonds is 6. The van der Waals surface area contributed by atoms with Crippen LogP contribution in [-0.4, -0.2) is 25.4 Å². The average Bonchev–Trinajstić information content (AvgIpc) is 3.21. The lowest BCUT2D eigenvalue weighted by Gasteiger charge is -2.31. The molecule has 1 aliphatic rings. The molecule has 1 saturated carbocycles. The first-order valence-corrected chi connectivity index (χ1v) is 6.59. The second kappa shape index (κ2) is 5.29. The smallest absolute Gasteiger partial charge is 0.122 e. The number of ether oxygens (including phenoxy) is 1. The van der Waals surface area contributed by atoms with Crippen molar-refractivity contribution in [1.29, 1.82) is 0 Å². The maximum absolute atomic E-state index is 9.76. The van der Waals surface area contributed by atoms with E-state index in [1.54, 1.807) is 7.11 Å². The minimum Gasteiger partial charge on any atom is -0.496 e. The molecule has 0 saturated heterocycles. The summed E-state index contributed by atoms with van der Waals surface area (Å²) < 4.78 is 5.41. The van der Waals surface area contributed by atoms with Crippen LogP contribution in [0.15, 0.2) is 18.2 Å². The molecular weight excluding hydrogens is 226 g/mol. The molecule has 1 fully saturated rings. The molecule has 2 rings (SSSR count). The highest BCUT2D eigenvalue weighted by atomic mass is 16.5. The van der Waals surface area contributed by atoms with Gasteiger partial charge >= 0.3 is 0 Å². The predicted molar refractivity (Wildman–Crippen MR) is 72.7 cm³/mol. The summed E-state index contributed by atoms with van der Waals surface area (Å²) in [7, 11) is 1.69. The van der Waals surface area contributed by atoms with Gasteiger partial charge in [0, 0.05) is 12.0 Å². The Morgan fingerprint density at radius 3 is 2.67 bits per heavy atom. The normalized spacial score (nSPS) is 18.4. The molecule has 1 unspecified atom stereocenters. The minimum atomic E-state index is -0.166. The quantitative estimate of drug-likeness (QED) is 0.809. The number of methoxy groups -OCH3 is 1. The van der Waals surface area contributed by atoms with Gasteiger partial charge in [0.25, 0.3) is 0 Å². The van der Waals surface area contributed by atoms with Gasteiger partial charge in [0.2, 0.25) is 0 Å². The lowest BCUT2D eigenvalue weighted by atomic mass is 9.77. The van der Waals surface area contributed by atoms with Crippen molar-refractivity contribution in [1.82, 2.24) is 0 Å². The van der Waals surface area contributed by atoms with E-state index in [0.717, 1.165) is 17.7 Å². The van der Waals surface area contributed by atoms with Crippen LogP contribution in [0.4, 0.5) is 0 Å². The molecular formula is C15H23NO2. The molecule has 0 aliphatic heterocycles. The summed E-state index contributed by atoms with van der Waals surface area (Å²) in [6, 6.07) is 6.18. The van der Waals surface area contributed by atoms with Gasteiger partial charge in [-0.15, -0.1) is 0 Å². The number of aryl methyl sites for hydroxylation is 1. The zero-order chi connectivity index (χ0) is 13.2. The topological polar surface area (TPSA) is 55.5 Å². The van der Waals surface area contributed by atoms with Crippen LogP contribution in [0, 0.1) is 18.3 Å². The molecule has 1 aliphatic carbocycles.